The predicted molar refractivity (Wildman–Crippen MR) is 26.2 cm³/mol. The summed E-state index contributed by atoms with van der Waals surface area (Å²) in [7, 11) is 0. The largest absolute Gasteiger partial charge is 0.351 e. The van der Waals surface area contributed by atoms with Gasteiger partial charge in [0, 0.05) is 12.5 Å². The molecule has 39 valence electrons. The highest BCUT2D eigenvalue weighted by atomic mass is 16.2. The average molecular weight is 98.1 g/mol. The number of hydrogen-bond donors (Lipinski definition) is 1. The molecule has 1 aliphatic rings. The van der Waals surface area contributed by atoms with Gasteiger partial charge in [0.15, 0.2) is 0 Å². The van der Waals surface area contributed by atoms with E-state index in [1.165, 1.54) is 0 Å². The quantitative estimate of drug-likeness (QED) is 0.464. The van der Waals surface area contributed by atoms with Gasteiger partial charge in [-0.05, 0) is 6.42 Å². The molecule has 0 saturated carbocycles. The summed E-state index contributed by atoms with van der Waals surface area (Å²) >= 11 is 0. The second-order valence-electron chi connectivity index (χ2n) is 1.85. The Kier molecular flexibility index (Phi) is 1.01. The van der Waals surface area contributed by atoms with Gasteiger partial charge in [-0.3, -0.25) is 4.79 Å². The number of amides is 1. The molecule has 1 N–H and O–H groups in total. The van der Waals surface area contributed by atoms with Gasteiger partial charge in [-0.15, -0.1) is 0 Å². The van der Waals surface area contributed by atoms with Crippen LogP contribution in [0.1, 0.15) is 13.3 Å². The summed E-state index contributed by atoms with van der Waals surface area (Å²) in [4.78, 5) is 10.4. The fourth-order valence-corrected chi connectivity index (χ4v) is 0.586. The molecule has 1 rings (SSSR count). The molecular weight excluding hydrogens is 90.1 g/mol. The summed E-state index contributed by atoms with van der Waals surface area (Å²) in [6.45, 7) is 3.71. The maximum atomic E-state index is 10.4. The molecule has 0 aliphatic carbocycles. The zero-order valence-corrected chi connectivity index (χ0v) is 4.27. The van der Waals surface area contributed by atoms with Crippen LogP contribution in [0.3, 0.4) is 0 Å². The maximum absolute atomic E-state index is 10.4. The van der Waals surface area contributed by atoms with E-state index in [-0.39, 0.29) is 11.8 Å². The normalized spacial score (nSPS) is 30.4. The zero-order valence-electron chi connectivity index (χ0n) is 4.27. The monoisotopic (exact) mass is 98.1 g/mol. The highest BCUT2D eigenvalue weighted by Gasteiger charge is 2.18. The summed E-state index contributed by atoms with van der Waals surface area (Å²) in [5.41, 5.74) is 0. The van der Waals surface area contributed by atoms with Crippen LogP contribution in [0, 0.1) is 12.5 Å². The van der Waals surface area contributed by atoms with Gasteiger partial charge >= 0.3 is 0 Å². The van der Waals surface area contributed by atoms with Crippen LogP contribution in [0.4, 0.5) is 0 Å². The molecular formula is C5H8NO. The SMILES string of the molecule is CC1C[CH]NC1=O. The first-order valence-corrected chi connectivity index (χ1v) is 2.43. The van der Waals surface area contributed by atoms with Crippen molar-refractivity contribution in [2.45, 2.75) is 13.3 Å². The molecule has 0 spiro atoms. The molecule has 7 heavy (non-hydrogen) atoms. The van der Waals surface area contributed by atoms with E-state index in [9.17, 15) is 4.79 Å². The Morgan fingerprint density at radius 2 is 2.71 bits per heavy atom. The highest BCUT2D eigenvalue weighted by molar-refractivity contribution is 5.81. The summed E-state index contributed by atoms with van der Waals surface area (Å²) in [6, 6.07) is 0. The van der Waals surface area contributed by atoms with Gasteiger partial charge in [0.1, 0.15) is 0 Å². The third kappa shape index (κ3) is 0.734. The van der Waals surface area contributed by atoms with Crippen molar-refractivity contribution < 1.29 is 4.79 Å². The number of hydrogen-bond acceptors (Lipinski definition) is 1. The third-order valence-electron chi connectivity index (χ3n) is 1.16. The molecule has 2 nitrogen and oxygen atoms in total. The van der Waals surface area contributed by atoms with E-state index < -0.39 is 0 Å². The van der Waals surface area contributed by atoms with Gasteiger partial charge in [0.2, 0.25) is 5.91 Å². The molecule has 1 unspecified atom stereocenters. The van der Waals surface area contributed by atoms with Crippen LogP contribution in [0.25, 0.3) is 0 Å². The minimum atomic E-state index is 0.153. The van der Waals surface area contributed by atoms with E-state index in [2.05, 4.69) is 5.32 Å². The lowest BCUT2D eigenvalue weighted by atomic mass is 10.1. The van der Waals surface area contributed by atoms with E-state index in [0.717, 1.165) is 6.42 Å². The third-order valence-corrected chi connectivity index (χ3v) is 1.16. The van der Waals surface area contributed by atoms with Gasteiger partial charge in [0.05, 0.1) is 0 Å². The molecule has 0 bridgehead atoms. The smallest absolute Gasteiger partial charge is 0.223 e. The lowest BCUT2D eigenvalue weighted by Crippen LogP contribution is -2.14. The first-order valence-electron chi connectivity index (χ1n) is 2.43. The van der Waals surface area contributed by atoms with Gasteiger partial charge < -0.3 is 5.32 Å². The first kappa shape index (κ1) is 4.62. The van der Waals surface area contributed by atoms with Crippen molar-refractivity contribution in [3.05, 3.63) is 6.54 Å². The van der Waals surface area contributed by atoms with Crippen molar-refractivity contribution in [2.75, 3.05) is 0 Å². The van der Waals surface area contributed by atoms with Crippen molar-refractivity contribution in [2.24, 2.45) is 5.92 Å². The Hall–Kier alpha value is -0.530. The number of rotatable bonds is 0. The summed E-state index contributed by atoms with van der Waals surface area (Å²) in [6.07, 6.45) is 0.888. The topological polar surface area (TPSA) is 29.1 Å². The van der Waals surface area contributed by atoms with Gasteiger partial charge in [-0.1, -0.05) is 6.92 Å². The maximum Gasteiger partial charge on any atom is 0.223 e. The minimum Gasteiger partial charge on any atom is -0.351 e. The molecule has 0 aromatic heterocycles. The van der Waals surface area contributed by atoms with Crippen LogP contribution >= 0.6 is 0 Å². The summed E-state index contributed by atoms with van der Waals surface area (Å²) < 4.78 is 0. The van der Waals surface area contributed by atoms with E-state index in [1.54, 1.807) is 6.54 Å². The lowest BCUT2D eigenvalue weighted by Gasteiger charge is -1.90. The second kappa shape index (κ2) is 1.52. The molecule has 1 saturated heterocycles. The number of carbonyl (C=O) groups is 1. The minimum absolute atomic E-state index is 0.153. The molecule has 1 aliphatic heterocycles. The molecule has 1 radical (unpaired) electrons. The molecule has 1 heterocycles. The standard InChI is InChI=1S/C5H8NO/c1-4-2-3-6-5(4)7/h3-4H,2H2,1H3,(H,6,7). The second-order valence-corrected chi connectivity index (χ2v) is 1.85. The van der Waals surface area contributed by atoms with Crippen LogP contribution in [0.15, 0.2) is 0 Å². The van der Waals surface area contributed by atoms with E-state index in [4.69, 9.17) is 0 Å². The van der Waals surface area contributed by atoms with Gasteiger partial charge in [-0.2, -0.15) is 0 Å². The van der Waals surface area contributed by atoms with Crippen molar-refractivity contribution in [1.82, 2.24) is 5.32 Å². The molecule has 1 fully saturated rings. The molecule has 2 heteroatoms. The number of nitrogens with one attached hydrogen (secondary N) is 1. The van der Waals surface area contributed by atoms with E-state index in [1.807, 2.05) is 6.92 Å². The van der Waals surface area contributed by atoms with Crippen molar-refractivity contribution in [1.29, 1.82) is 0 Å². The fourth-order valence-electron chi connectivity index (χ4n) is 0.586. The van der Waals surface area contributed by atoms with Gasteiger partial charge in [0.25, 0.3) is 0 Å². The Labute approximate surface area is 42.9 Å². The zero-order chi connectivity index (χ0) is 5.28. The highest BCUT2D eigenvalue weighted by Crippen LogP contribution is 2.09. The van der Waals surface area contributed by atoms with Crippen LogP contribution in [-0.4, -0.2) is 5.91 Å². The lowest BCUT2D eigenvalue weighted by molar-refractivity contribution is -0.121. The van der Waals surface area contributed by atoms with Crippen molar-refractivity contribution >= 4 is 5.91 Å². The van der Waals surface area contributed by atoms with E-state index in [0.29, 0.717) is 0 Å². The Bertz CT molecular complexity index is 90.1. The Morgan fingerprint density at radius 3 is 2.86 bits per heavy atom. The molecule has 1 amide bonds. The number of carbonyl (C=O) groups excluding carboxylic acids is 1. The van der Waals surface area contributed by atoms with Crippen molar-refractivity contribution in [3.8, 4) is 0 Å². The van der Waals surface area contributed by atoms with Gasteiger partial charge in [-0.25, -0.2) is 0 Å². The van der Waals surface area contributed by atoms with E-state index >= 15 is 0 Å². The summed E-state index contributed by atoms with van der Waals surface area (Å²) in [5.74, 6) is 0.361. The fraction of sp³-hybridized carbons (Fsp3) is 0.600. The van der Waals surface area contributed by atoms with Crippen molar-refractivity contribution in [3.63, 3.8) is 0 Å². The predicted octanol–water partition coefficient (Wildman–Crippen LogP) is 0.304. The Morgan fingerprint density at radius 1 is 2.00 bits per heavy atom. The molecule has 0 aromatic carbocycles. The van der Waals surface area contributed by atoms with Crippen LogP contribution in [0.2, 0.25) is 0 Å². The average Bonchev–Trinajstić information content (AvgIpc) is 1.91. The van der Waals surface area contributed by atoms with Crippen LogP contribution in [-0.2, 0) is 4.79 Å². The Balaban J connectivity index is 2.48. The van der Waals surface area contributed by atoms with Crippen LogP contribution < -0.4 is 5.32 Å². The summed E-state index contributed by atoms with van der Waals surface area (Å²) in [5, 5.41) is 2.61. The first-order chi connectivity index (χ1) is 3.30. The molecule has 0 aromatic rings. The molecule has 1 atom stereocenters. The van der Waals surface area contributed by atoms with Crippen LogP contribution in [0.5, 0.6) is 0 Å².